The molecule has 1 atom stereocenters. The van der Waals surface area contributed by atoms with Crippen LogP contribution < -0.4 is 16.0 Å². The van der Waals surface area contributed by atoms with Crippen molar-refractivity contribution in [3.05, 3.63) is 108 Å². The van der Waals surface area contributed by atoms with Crippen LogP contribution in [0, 0.1) is 6.07 Å². The summed E-state index contributed by atoms with van der Waals surface area (Å²) < 4.78 is 5.21. The molecule has 0 spiro atoms. The van der Waals surface area contributed by atoms with E-state index in [0.29, 0.717) is 17.6 Å². The van der Waals surface area contributed by atoms with Crippen LogP contribution in [0.1, 0.15) is 28.9 Å². The zero-order chi connectivity index (χ0) is 25.9. The summed E-state index contributed by atoms with van der Waals surface area (Å²) in [5.74, 6) is -0.846. The Hall–Kier alpha value is -4.72. The van der Waals surface area contributed by atoms with Crippen LogP contribution in [0.15, 0.2) is 91.0 Å². The van der Waals surface area contributed by atoms with Crippen molar-refractivity contribution in [3.8, 4) is 0 Å². The predicted octanol–water partition coefficient (Wildman–Crippen LogP) is 4.48. The summed E-state index contributed by atoms with van der Waals surface area (Å²) in [5, 5.41) is 9.15. The highest BCUT2D eigenvalue weighted by molar-refractivity contribution is 6.01. The molecule has 1 aromatic heterocycles. The van der Waals surface area contributed by atoms with Gasteiger partial charge in [-0.3, -0.25) is 9.59 Å². The van der Waals surface area contributed by atoms with Crippen molar-refractivity contribution in [1.82, 2.24) is 15.6 Å². The van der Waals surface area contributed by atoms with Crippen molar-refractivity contribution >= 4 is 34.5 Å². The van der Waals surface area contributed by atoms with Gasteiger partial charge in [-0.2, -0.15) is 0 Å². The van der Waals surface area contributed by atoms with Gasteiger partial charge in [-0.05, 0) is 36.6 Å². The van der Waals surface area contributed by atoms with Crippen LogP contribution in [0.25, 0.3) is 10.9 Å². The summed E-state index contributed by atoms with van der Waals surface area (Å²) in [7, 11) is 0. The lowest BCUT2D eigenvalue weighted by atomic mass is 10.1. The smallest absolute Gasteiger partial charge is 0.407 e. The van der Waals surface area contributed by atoms with Gasteiger partial charge in [0.05, 0.1) is 5.52 Å². The average Bonchev–Trinajstić information content (AvgIpc) is 2.94. The topological polar surface area (TPSA) is 109 Å². The molecule has 1 heterocycles. The molecule has 4 rings (SSSR count). The molecule has 0 aliphatic rings. The summed E-state index contributed by atoms with van der Waals surface area (Å²) in [4.78, 5) is 42.4. The van der Waals surface area contributed by atoms with Gasteiger partial charge >= 0.3 is 6.09 Å². The molecular weight excluding hydrogens is 468 g/mol. The van der Waals surface area contributed by atoms with Crippen molar-refractivity contribution in [2.24, 2.45) is 0 Å². The number of hydrogen-bond acceptors (Lipinski definition) is 5. The van der Waals surface area contributed by atoms with E-state index in [1.807, 2.05) is 60.7 Å². The number of aromatic nitrogens is 1. The van der Waals surface area contributed by atoms with Crippen LogP contribution in [0.3, 0.4) is 0 Å². The second kappa shape index (κ2) is 12.8. The number of rotatable bonds is 10. The molecule has 0 saturated carbocycles. The van der Waals surface area contributed by atoms with E-state index in [1.165, 1.54) is 0 Å². The van der Waals surface area contributed by atoms with E-state index >= 15 is 0 Å². The third-order valence-electron chi connectivity index (χ3n) is 5.57. The minimum Gasteiger partial charge on any atom is -0.445 e. The van der Waals surface area contributed by atoms with E-state index in [1.54, 1.807) is 30.3 Å². The molecular formula is C29H27N4O4. The molecule has 0 bridgehead atoms. The van der Waals surface area contributed by atoms with Gasteiger partial charge in [0.2, 0.25) is 5.91 Å². The van der Waals surface area contributed by atoms with E-state index < -0.39 is 18.0 Å². The molecule has 0 saturated heterocycles. The van der Waals surface area contributed by atoms with E-state index in [0.717, 1.165) is 10.9 Å². The minimum absolute atomic E-state index is 0.167. The number of para-hydroxylation sites is 2. The largest absolute Gasteiger partial charge is 0.445 e. The molecule has 0 fully saturated rings. The molecule has 4 aromatic rings. The highest BCUT2D eigenvalue weighted by Gasteiger charge is 2.22. The lowest BCUT2D eigenvalue weighted by Crippen LogP contribution is -2.44. The first-order valence-electron chi connectivity index (χ1n) is 12.0. The zero-order valence-corrected chi connectivity index (χ0v) is 20.1. The Kier molecular flexibility index (Phi) is 8.80. The van der Waals surface area contributed by atoms with Crippen LogP contribution >= 0.6 is 0 Å². The molecule has 3 amide bonds. The number of alkyl carbamates (subject to hydrolysis) is 1. The van der Waals surface area contributed by atoms with E-state index in [4.69, 9.17) is 4.74 Å². The maximum Gasteiger partial charge on any atom is 0.407 e. The molecule has 187 valence electrons. The lowest BCUT2D eigenvalue weighted by molar-refractivity contribution is -0.118. The number of ether oxygens (including phenoxy) is 1. The Morgan fingerprint density at radius 1 is 0.892 bits per heavy atom. The number of carbonyl (C=O) groups excluding carboxylic acids is 3. The molecule has 3 aromatic carbocycles. The normalized spacial score (nSPS) is 11.4. The van der Waals surface area contributed by atoms with Crippen molar-refractivity contribution in [2.45, 2.75) is 25.5 Å². The Bertz CT molecular complexity index is 1350. The Balaban J connectivity index is 1.34. The maximum atomic E-state index is 13.0. The summed E-state index contributed by atoms with van der Waals surface area (Å²) in [5.41, 5.74) is 2.29. The van der Waals surface area contributed by atoms with Gasteiger partial charge in [-0.15, -0.1) is 0 Å². The van der Waals surface area contributed by atoms with Gasteiger partial charge in [0.15, 0.2) is 0 Å². The monoisotopic (exact) mass is 495 g/mol. The minimum atomic E-state index is -0.850. The number of pyridine rings is 1. The first-order valence-corrected chi connectivity index (χ1v) is 12.0. The van der Waals surface area contributed by atoms with Crippen LogP contribution in [-0.4, -0.2) is 35.5 Å². The van der Waals surface area contributed by atoms with E-state index in [-0.39, 0.29) is 31.2 Å². The fourth-order valence-corrected chi connectivity index (χ4v) is 3.66. The van der Waals surface area contributed by atoms with Gasteiger partial charge in [0, 0.05) is 23.7 Å². The van der Waals surface area contributed by atoms with Gasteiger partial charge in [-0.25, -0.2) is 9.78 Å². The van der Waals surface area contributed by atoms with Gasteiger partial charge in [0.1, 0.15) is 18.3 Å². The SMILES string of the molecule is O=C(NCCC[C@H](NC(=O)c1ccc2ccccc2n1)C(=O)Nc1[c]cccc1)OCc1ccccc1. The van der Waals surface area contributed by atoms with E-state index in [9.17, 15) is 14.4 Å². The number of amides is 3. The molecule has 1 radical (unpaired) electrons. The van der Waals surface area contributed by atoms with Crippen LogP contribution in [0.2, 0.25) is 0 Å². The zero-order valence-electron chi connectivity index (χ0n) is 20.1. The molecule has 0 aliphatic carbocycles. The van der Waals surface area contributed by atoms with Gasteiger partial charge in [0.25, 0.3) is 5.91 Å². The van der Waals surface area contributed by atoms with Crippen molar-refractivity contribution < 1.29 is 19.1 Å². The molecule has 0 aliphatic heterocycles. The first kappa shape index (κ1) is 25.4. The average molecular weight is 496 g/mol. The van der Waals surface area contributed by atoms with Crippen molar-refractivity contribution in [1.29, 1.82) is 0 Å². The highest BCUT2D eigenvalue weighted by Crippen LogP contribution is 2.13. The number of anilines is 1. The quantitative estimate of drug-likeness (QED) is 0.281. The van der Waals surface area contributed by atoms with E-state index in [2.05, 4.69) is 27.0 Å². The van der Waals surface area contributed by atoms with Crippen LogP contribution in [-0.2, 0) is 16.1 Å². The van der Waals surface area contributed by atoms with Gasteiger partial charge < -0.3 is 20.7 Å². The fourth-order valence-electron chi connectivity index (χ4n) is 3.66. The van der Waals surface area contributed by atoms with Crippen molar-refractivity contribution in [2.75, 3.05) is 11.9 Å². The molecule has 8 heteroatoms. The fraction of sp³-hybridized carbons (Fsp3) is 0.172. The third-order valence-corrected chi connectivity index (χ3v) is 5.57. The standard InChI is InChI=1S/C29H27N4O4/c34-27(31-23-13-5-2-6-14-23)25(16-9-19-30-29(36)37-20-21-10-3-1-4-11-21)33-28(35)26-18-17-22-12-7-8-15-24(22)32-26/h1-8,10-13,15,17-18,25H,9,16,19-20H2,(H,30,36)(H,31,34)(H,33,35)/t25-/m0/s1. The molecule has 37 heavy (non-hydrogen) atoms. The second-order valence-electron chi connectivity index (χ2n) is 8.31. The lowest BCUT2D eigenvalue weighted by Gasteiger charge is -2.18. The Morgan fingerprint density at radius 3 is 2.49 bits per heavy atom. The third kappa shape index (κ3) is 7.63. The summed E-state index contributed by atoms with van der Waals surface area (Å²) in [6.07, 6.45) is 0.174. The second-order valence-corrected chi connectivity index (χ2v) is 8.31. The molecule has 3 N–H and O–H groups in total. The molecule has 0 unspecified atom stereocenters. The number of nitrogens with zero attached hydrogens (tertiary/aromatic N) is 1. The Morgan fingerprint density at radius 2 is 1.68 bits per heavy atom. The maximum absolute atomic E-state index is 13.0. The summed E-state index contributed by atoms with van der Waals surface area (Å²) in [6.45, 7) is 0.444. The number of nitrogens with one attached hydrogen (secondary N) is 3. The Labute approximate surface area is 215 Å². The number of carbonyl (C=O) groups is 3. The van der Waals surface area contributed by atoms with Crippen LogP contribution in [0.4, 0.5) is 10.5 Å². The number of fused-ring (bicyclic) bond motifs is 1. The number of hydrogen-bond donors (Lipinski definition) is 3. The number of benzene rings is 3. The van der Waals surface area contributed by atoms with Gasteiger partial charge in [-0.1, -0.05) is 72.8 Å². The summed E-state index contributed by atoms with van der Waals surface area (Å²) in [6, 6.07) is 29.4. The highest BCUT2D eigenvalue weighted by atomic mass is 16.5. The first-order chi connectivity index (χ1) is 18.1. The van der Waals surface area contributed by atoms with Crippen LogP contribution in [0.5, 0.6) is 0 Å². The predicted molar refractivity (Wildman–Crippen MR) is 141 cm³/mol. The summed E-state index contributed by atoms with van der Waals surface area (Å²) >= 11 is 0. The molecule has 8 nitrogen and oxygen atoms in total. The van der Waals surface area contributed by atoms with Crippen molar-refractivity contribution in [3.63, 3.8) is 0 Å².